The smallest absolute Gasteiger partial charge is 0.373 e. The van der Waals surface area contributed by atoms with Gasteiger partial charge in [-0.25, -0.2) is 0 Å². The Morgan fingerprint density at radius 1 is 0.275 bits per heavy atom. The SMILES string of the molecule is CCCCO[Si](CCCCCCCC[Si](OCCCC)(OCCCC)OCCCC)(OCCCC)OCCCC. The summed E-state index contributed by atoms with van der Waals surface area (Å²) >= 11 is 0. The molecule has 8 heteroatoms. The molecule has 0 atom stereocenters. The van der Waals surface area contributed by atoms with Gasteiger partial charge in [-0.05, 0) is 51.4 Å². The monoisotopic (exact) mass is 606 g/mol. The lowest BCUT2D eigenvalue weighted by atomic mass is 10.1. The average molecular weight is 607 g/mol. The van der Waals surface area contributed by atoms with Crippen LogP contribution in [0, 0.1) is 0 Å². The molecule has 6 nitrogen and oxygen atoms in total. The summed E-state index contributed by atoms with van der Waals surface area (Å²) in [6, 6.07) is 1.89. The van der Waals surface area contributed by atoms with Gasteiger partial charge in [0.15, 0.2) is 0 Å². The molecule has 0 N–H and O–H groups in total. The van der Waals surface area contributed by atoms with Crippen molar-refractivity contribution in [3.05, 3.63) is 0 Å². The first kappa shape index (κ1) is 40.2. The minimum Gasteiger partial charge on any atom is -0.373 e. The highest BCUT2D eigenvalue weighted by Gasteiger charge is 2.41. The molecule has 0 bridgehead atoms. The lowest BCUT2D eigenvalue weighted by Gasteiger charge is -2.30. The molecule has 0 aromatic rings. The van der Waals surface area contributed by atoms with Crippen molar-refractivity contribution in [1.82, 2.24) is 0 Å². The molecule has 0 aromatic carbocycles. The molecule has 242 valence electrons. The van der Waals surface area contributed by atoms with Gasteiger partial charge >= 0.3 is 17.6 Å². The molecule has 0 aliphatic rings. The van der Waals surface area contributed by atoms with Crippen LogP contribution in [-0.2, 0) is 26.6 Å². The molecule has 0 amide bonds. The Kier molecular flexibility index (Phi) is 29.4. The Morgan fingerprint density at radius 2 is 0.475 bits per heavy atom. The van der Waals surface area contributed by atoms with E-state index in [1.165, 1.54) is 25.7 Å². The van der Waals surface area contributed by atoms with Crippen molar-refractivity contribution in [3.63, 3.8) is 0 Å². The van der Waals surface area contributed by atoms with E-state index < -0.39 is 17.6 Å². The first-order chi connectivity index (χ1) is 19.6. The van der Waals surface area contributed by atoms with Gasteiger partial charge in [-0.3, -0.25) is 0 Å². The third-order valence-electron chi connectivity index (χ3n) is 7.14. The van der Waals surface area contributed by atoms with E-state index >= 15 is 0 Å². The maximum Gasteiger partial charge on any atom is 0.500 e. The van der Waals surface area contributed by atoms with Crippen LogP contribution < -0.4 is 0 Å². The van der Waals surface area contributed by atoms with Gasteiger partial charge in [-0.1, -0.05) is 106 Å². The summed E-state index contributed by atoms with van der Waals surface area (Å²) in [6.45, 7) is 17.8. The van der Waals surface area contributed by atoms with Crippen molar-refractivity contribution >= 4 is 17.6 Å². The predicted octanol–water partition coefficient (Wildman–Crippen LogP) is 10.1. The molecule has 0 fully saturated rings. The molecule has 0 aliphatic carbocycles. The molecule has 0 spiro atoms. The van der Waals surface area contributed by atoms with Crippen LogP contribution >= 0.6 is 0 Å². The normalized spacial score (nSPS) is 12.4. The molecule has 0 heterocycles. The molecule has 0 aromatic heterocycles. The van der Waals surface area contributed by atoms with Crippen LogP contribution in [0.15, 0.2) is 0 Å². The maximum absolute atomic E-state index is 6.42. The van der Waals surface area contributed by atoms with E-state index in [-0.39, 0.29) is 0 Å². The van der Waals surface area contributed by atoms with Gasteiger partial charge in [0.1, 0.15) is 0 Å². The van der Waals surface area contributed by atoms with Gasteiger partial charge in [-0.2, -0.15) is 0 Å². The zero-order chi connectivity index (χ0) is 29.6. The van der Waals surface area contributed by atoms with Crippen LogP contribution in [0.2, 0.25) is 12.1 Å². The summed E-state index contributed by atoms with van der Waals surface area (Å²) in [5, 5.41) is 0. The van der Waals surface area contributed by atoms with Crippen LogP contribution in [0.3, 0.4) is 0 Å². The second kappa shape index (κ2) is 29.3. The van der Waals surface area contributed by atoms with Gasteiger partial charge in [0.25, 0.3) is 0 Å². The quantitative estimate of drug-likeness (QED) is 0.0547. The van der Waals surface area contributed by atoms with E-state index in [1.807, 2.05) is 0 Å². The molecule has 0 rings (SSSR count). The van der Waals surface area contributed by atoms with Gasteiger partial charge < -0.3 is 26.6 Å². The fraction of sp³-hybridized carbons (Fsp3) is 1.00. The second-order valence-corrected chi connectivity index (χ2v) is 16.7. The fourth-order valence-electron chi connectivity index (χ4n) is 4.31. The van der Waals surface area contributed by atoms with Gasteiger partial charge in [0, 0.05) is 51.7 Å². The summed E-state index contributed by atoms with van der Waals surface area (Å²) in [7, 11) is -5.20. The fourth-order valence-corrected chi connectivity index (χ4v) is 9.77. The van der Waals surface area contributed by atoms with Crippen molar-refractivity contribution in [1.29, 1.82) is 0 Å². The minimum atomic E-state index is -2.60. The molecule has 0 aliphatic heterocycles. The lowest BCUT2D eigenvalue weighted by Crippen LogP contribution is -2.46. The Bertz CT molecular complexity index is 415. The van der Waals surface area contributed by atoms with Crippen LogP contribution in [-0.4, -0.2) is 57.3 Å². The summed E-state index contributed by atoms with van der Waals surface area (Å²) < 4.78 is 38.5. The summed E-state index contributed by atoms with van der Waals surface area (Å²) in [5.74, 6) is 0. The standard InChI is InChI=1S/C32H70O6Si2/c1-7-13-25-33-39(34-26-14-8-2,35-27-15-9-3)31-23-21-19-20-22-24-32-40(36-28-16-10-4,37-29-17-11-5)38-30-18-12-6/h7-32H2,1-6H3. The molecule has 0 saturated heterocycles. The summed E-state index contributed by atoms with van der Waals surface area (Å²) in [5.41, 5.74) is 0. The number of hydrogen-bond acceptors (Lipinski definition) is 6. The molecule has 0 saturated carbocycles. The topological polar surface area (TPSA) is 55.4 Å². The van der Waals surface area contributed by atoms with Crippen molar-refractivity contribution in [2.75, 3.05) is 39.6 Å². The van der Waals surface area contributed by atoms with Crippen molar-refractivity contribution in [3.8, 4) is 0 Å². The van der Waals surface area contributed by atoms with Gasteiger partial charge in [0.2, 0.25) is 0 Å². The predicted molar refractivity (Wildman–Crippen MR) is 174 cm³/mol. The Labute approximate surface area is 252 Å². The number of hydrogen-bond donors (Lipinski definition) is 0. The largest absolute Gasteiger partial charge is 0.500 e. The average Bonchev–Trinajstić information content (AvgIpc) is 2.95. The van der Waals surface area contributed by atoms with Crippen molar-refractivity contribution in [2.24, 2.45) is 0 Å². The second-order valence-electron chi connectivity index (χ2n) is 11.2. The molecule has 0 unspecified atom stereocenters. The minimum absolute atomic E-state index is 0.758. The highest BCUT2D eigenvalue weighted by molar-refractivity contribution is 6.61. The van der Waals surface area contributed by atoms with Crippen molar-refractivity contribution < 1.29 is 26.6 Å². The number of rotatable bonds is 33. The molecular formula is C32H70O6Si2. The first-order valence-electron chi connectivity index (χ1n) is 17.4. The van der Waals surface area contributed by atoms with E-state index in [1.54, 1.807) is 0 Å². The van der Waals surface area contributed by atoms with E-state index in [9.17, 15) is 0 Å². The van der Waals surface area contributed by atoms with Crippen LogP contribution in [0.25, 0.3) is 0 Å². The van der Waals surface area contributed by atoms with Crippen LogP contribution in [0.5, 0.6) is 0 Å². The third-order valence-corrected chi connectivity index (χ3v) is 12.9. The first-order valence-corrected chi connectivity index (χ1v) is 21.3. The number of unbranched alkanes of at least 4 members (excludes halogenated alkanes) is 11. The maximum atomic E-state index is 6.42. The third kappa shape index (κ3) is 21.8. The summed E-state index contributed by atoms with van der Waals surface area (Å²) in [4.78, 5) is 0. The highest BCUT2D eigenvalue weighted by atomic mass is 28.4. The summed E-state index contributed by atoms with van der Waals surface area (Å²) in [6.07, 6.45) is 20.4. The Hall–Kier alpha value is 0.194. The molecule has 40 heavy (non-hydrogen) atoms. The zero-order valence-corrected chi connectivity index (χ0v) is 29.8. The Morgan fingerprint density at radius 3 is 0.675 bits per heavy atom. The van der Waals surface area contributed by atoms with E-state index in [0.29, 0.717) is 0 Å². The van der Waals surface area contributed by atoms with E-state index in [4.69, 9.17) is 26.6 Å². The van der Waals surface area contributed by atoms with E-state index in [2.05, 4.69) is 41.5 Å². The van der Waals surface area contributed by atoms with E-state index in [0.717, 1.165) is 142 Å². The highest BCUT2D eigenvalue weighted by Crippen LogP contribution is 2.25. The Balaban J connectivity index is 4.77. The lowest BCUT2D eigenvalue weighted by molar-refractivity contribution is 0.0547. The van der Waals surface area contributed by atoms with Gasteiger partial charge in [0.05, 0.1) is 0 Å². The zero-order valence-electron chi connectivity index (χ0n) is 27.8. The van der Waals surface area contributed by atoms with Gasteiger partial charge in [-0.15, -0.1) is 0 Å². The van der Waals surface area contributed by atoms with Crippen LogP contribution in [0.4, 0.5) is 0 Å². The van der Waals surface area contributed by atoms with Crippen molar-refractivity contribution in [2.45, 2.75) is 169 Å². The molecule has 0 radical (unpaired) electrons. The molecular weight excluding hydrogens is 537 g/mol. The van der Waals surface area contributed by atoms with Crippen LogP contribution in [0.1, 0.15) is 157 Å².